The maximum absolute atomic E-state index is 13.2. The van der Waals surface area contributed by atoms with Crippen LogP contribution in [0.2, 0.25) is 0 Å². The van der Waals surface area contributed by atoms with E-state index in [9.17, 15) is 14.4 Å². The van der Waals surface area contributed by atoms with Crippen LogP contribution in [0.15, 0.2) is 48.5 Å². The standard InChI is InChI=1S/C27H30N2O6/c30-24(31)14-17-9-10-18(13-17)28-25(32)27(11-12-34-16-27)29-26(33)35-15-23-21-7-3-1-5-19(21)20-6-2-4-8-22(20)23/h1-8,17-18,23H,9-16H2,(H,28,32)(H,29,33)(H,30,31)/t17-,18+,27?/m1/s1. The molecule has 1 unspecified atom stereocenters. The van der Waals surface area contributed by atoms with Crippen molar-refractivity contribution in [2.75, 3.05) is 19.8 Å². The second-order valence-electron chi connectivity index (χ2n) is 9.78. The maximum Gasteiger partial charge on any atom is 0.408 e. The third-order valence-corrected chi connectivity index (χ3v) is 7.48. The minimum Gasteiger partial charge on any atom is -0.481 e. The molecule has 3 atom stereocenters. The van der Waals surface area contributed by atoms with Crippen LogP contribution in [0.3, 0.4) is 0 Å². The summed E-state index contributed by atoms with van der Waals surface area (Å²) < 4.78 is 11.1. The molecule has 2 amide bonds. The van der Waals surface area contributed by atoms with Gasteiger partial charge in [0.05, 0.1) is 6.61 Å². The number of carbonyl (C=O) groups excluding carboxylic acids is 2. The molecular formula is C27H30N2O6. The minimum atomic E-state index is -1.19. The molecule has 0 bridgehead atoms. The summed E-state index contributed by atoms with van der Waals surface area (Å²) in [5.74, 6) is -1.13. The number of fused-ring (bicyclic) bond motifs is 3. The van der Waals surface area contributed by atoms with E-state index < -0.39 is 17.6 Å². The van der Waals surface area contributed by atoms with Gasteiger partial charge >= 0.3 is 12.1 Å². The average molecular weight is 479 g/mol. The van der Waals surface area contributed by atoms with Gasteiger partial charge < -0.3 is 25.2 Å². The van der Waals surface area contributed by atoms with E-state index >= 15 is 0 Å². The van der Waals surface area contributed by atoms with E-state index in [-0.39, 0.29) is 43.4 Å². The smallest absolute Gasteiger partial charge is 0.408 e. The number of hydrogen-bond acceptors (Lipinski definition) is 5. The molecule has 8 heteroatoms. The predicted octanol–water partition coefficient (Wildman–Crippen LogP) is 3.44. The lowest BCUT2D eigenvalue weighted by atomic mass is 9.96. The van der Waals surface area contributed by atoms with Crippen molar-refractivity contribution in [1.82, 2.24) is 10.6 Å². The molecule has 2 aliphatic carbocycles. The number of ether oxygens (including phenoxy) is 2. The zero-order valence-electron chi connectivity index (χ0n) is 19.5. The van der Waals surface area contributed by atoms with Crippen LogP contribution in [0.4, 0.5) is 4.79 Å². The molecule has 1 saturated heterocycles. The monoisotopic (exact) mass is 478 g/mol. The molecule has 184 valence electrons. The van der Waals surface area contributed by atoms with Crippen molar-refractivity contribution >= 4 is 18.0 Å². The summed E-state index contributed by atoms with van der Waals surface area (Å²) in [6, 6.07) is 16.1. The summed E-state index contributed by atoms with van der Waals surface area (Å²) in [7, 11) is 0. The Balaban J connectivity index is 1.21. The zero-order valence-corrected chi connectivity index (χ0v) is 19.5. The number of carbonyl (C=O) groups is 3. The normalized spacial score (nSPS) is 25.0. The molecule has 3 N–H and O–H groups in total. The lowest BCUT2D eigenvalue weighted by molar-refractivity contribution is -0.138. The van der Waals surface area contributed by atoms with Crippen molar-refractivity contribution < 1.29 is 29.0 Å². The first-order chi connectivity index (χ1) is 16.9. The number of hydrogen-bond donors (Lipinski definition) is 3. The van der Waals surface area contributed by atoms with Crippen LogP contribution in [0.5, 0.6) is 0 Å². The third kappa shape index (κ3) is 4.75. The topological polar surface area (TPSA) is 114 Å². The van der Waals surface area contributed by atoms with Crippen molar-refractivity contribution in [1.29, 1.82) is 0 Å². The van der Waals surface area contributed by atoms with Gasteiger partial charge in [-0.15, -0.1) is 0 Å². The van der Waals surface area contributed by atoms with E-state index in [1.807, 2.05) is 24.3 Å². The predicted molar refractivity (Wildman–Crippen MR) is 128 cm³/mol. The lowest BCUT2D eigenvalue weighted by Gasteiger charge is -2.29. The van der Waals surface area contributed by atoms with Gasteiger partial charge in [0.2, 0.25) is 5.91 Å². The maximum atomic E-state index is 13.2. The molecule has 35 heavy (non-hydrogen) atoms. The highest BCUT2D eigenvalue weighted by molar-refractivity contribution is 5.90. The van der Waals surface area contributed by atoms with Crippen LogP contribution in [-0.4, -0.2) is 54.5 Å². The Morgan fingerprint density at radius 3 is 2.34 bits per heavy atom. The second kappa shape index (κ2) is 9.70. The summed E-state index contributed by atoms with van der Waals surface area (Å²) >= 11 is 0. The summed E-state index contributed by atoms with van der Waals surface area (Å²) in [6.45, 7) is 0.607. The zero-order chi connectivity index (χ0) is 24.4. The SMILES string of the molecule is O=C(O)C[C@@H]1CC[C@H](NC(=O)C2(NC(=O)OCC3c4ccccc4-c4ccccc43)CCOC2)C1. The first-order valence-corrected chi connectivity index (χ1v) is 12.2. The molecule has 2 aromatic carbocycles. The summed E-state index contributed by atoms with van der Waals surface area (Å²) in [6.07, 6.45) is 1.93. The van der Waals surface area contributed by atoms with Crippen LogP contribution >= 0.6 is 0 Å². The average Bonchev–Trinajstić information content (AvgIpc) is 3.56. The van der Waals surface area contributed by atoms with Gasteiger partial charge in [-0.1, -0.05) is 48.5 Å². The van der Waals surface area contributed by atoms with E-state index in [2.05, 4.69) is 34.9 Å². The molecule has 3 aliphatic rings. The summed E-state index contributed by atoms with van der Waals surface area (Å²) in [5.41, 5.74) is 3.35. The molecular weight excluding hydrogens is 448 g/mol. The van der Waals surface area contributed by atoms with Crippen molar-refractivity contribution in [3.63, 3.8) is 0 Å². The van der Waals surface area contributed by atoms with E-state index in [0.29, 0.717) is 19.4 Å². The van der Waals surface area contributed by atoms with E-state index in [1.165, 1.54) is 0 Å². The highest BCUT2D eigenvalue weighted by atomic mass is 16.6. The number of amides is 2. The number of nitrogens with one attached hydrogen (secondary N) is 2. The van der Waals surface area contributed by atoms with Crippen LogP contribution in [0, 0.1) is 5.92 Å². The van der Waals surface area contributed by atoms with Gasteiger partial charge in [-0.2, -0.15) is 0 Å². The van der Waals surface area contributed by atoms with Crippen LogP contribution < -0.4 is 10.6 Å². The first kappa shape index (κ1) is 23.4. The van der Waals surface area contributed by atoms with Crippen molar-refractivity contribution in [2.45, 2.75) is 49.6 Å². The van der Waals surface area contributed by atoms with Crippen LogP contribution in [-0.2, 0) is 19.1 Å². The van der Waals surface area contributed by atoms with Crippen molar-refractivity contribution in [3.8, 4) is 11.1 Å². The Morgan fingerprint density at radius 2 is 1.71 bits per heavy atom. The van der Waals surface area contributed by atoms with Gasteiger partial charge in [0, 0.05) is 31.4 Å². The Morgan fingerprint density at radius 1 is 1.03 bits per heavy atom. The number of aliphatic carboxylic acids is 1. The number of rotatable bonds is 7. The molecule has 0 radical (unpaired) electrons. The van der Waals surface area contributed by atoms with Gasteiger partial charge in [0.15, 0.2) is 0 Å². The number of alkyl carbamates (subject to hydrolysis) is 1. The molecule has 1 saturated carbocycles. The highest BCUT2D eigenvalue weighted by Gasteiger charge is 2.45. The Kier molecular flexibility index (Phi) is 6.47. The van der Waals surface area contributed by atoms with Gasteiger partial charge in [0.25, 0.3) is 0 Å². The van der Waals surface area contributed by atoms with Gasteiger partial charge in [-0.25, -0.2) is 4.79 Å². The summed E-state index contributed by atoms with van der Waals surface area (Å²) in [5, 5.41) is 14.8. The molecule has 2 fully saturated rings. The number of carboxylic acid groups (broad SMARTS) is 1. The fourth-order valence-corrected chi connectivity index (χ4v) is 5.69. The van der Waals surface area contributed by atoms with E-state index in [4.69, 9.17) is 14.6 Å². The van der Waals surface area contributed by atoms with Crippen molar-refractivity contribution in [2.24, 2.45) is 5.92 Å². The highest BCUT2D eigenvalue weighted by Crippen LogP contribution is 2.44. The van der Waals surface area contributed by atoms with Gasteiger partial charge in [-0.05, 0) is 47.4 Å². The number of carboxylic acids is 1. The Hall–Kier alpha value is -3.39. The molecule has 0 spiro atoms. The quantitative estimate of drug-likeness (QED) is 0.562. The molecule has 5 rings (SSSR count). The Bertz CT molecular complexity index is 1080. The first-order valence-electron chi connectivity index (χ1n) is 12.2. The molecule has 1 heterocycles. The van der Waals surface area contributed by atoms with E-state index in [1.54, 1.807) is 0 Å². The van der Waals surface area contributed by atoms with Crippen LogP contribution in [0.1, 0.15) is 49.1 Å². The van der Waals surface area contributed by atoms with Crippen LogP contribution in [0.25, 0.3) is 11.1 Å². The van der Waals surface area contributed by atoms with E-state index in [0.717, 1.165) is 35.1 Å². The third-order valence-electron chi connectivity index (χ3n) is 7.48. The fraction of sp³-hybridized carbons (Fsp3) is 0.444. The fourth-order valence-electron chi connectivity index (χ4n) is 5.69. The molecule has 2 aromatic rings. The summed E-state index contributed by atoms with van der Waals surface area (Å²) in [4.78, 5) is 37.1. The molecule has 8 nitrogen and oxygen atoms in total. The van der Waals surface area contributed by atoms with Gasteiger partial charge in [-0.3, -0.25) is 9.59 Å². The second-order valence-corrected chi connectivity index (χ2v) is 9.78. The largest absolute Gasteiger partial charge is 0.481 e. The lowest BCUT2D eigenvalue weighted by Crippen LogP contribution is -2.60. The molecule has 0 aromatic heterocycles. The molecule has 1 aliphatic heterocycles. The minimum absolute atomic E-state index is 0.0590. The number of benzene rings is 2. The Labute approximate surface area is 204 Å². The van der Waals surface area contributed by atoms with Gasteiger partial charge in [0.1, 0.15) is 12.1 Å². The van der Waals surface area contributed by atoms with Crippen molar-refractivity contribution in [3.05, 3.63) is 59.7 Å².